The van der Waals surface area contributed by atoms with E-state index in [0.717, 1.165) is 5.56 Å². The molecule has 11 nitrogen and oxygen atoms in total. The lowest BCUT2D eigenvalue weighted by Crippen LogP contribution is -2.34. The number of hydrogen-bond donors (Lipinski definition) is 3. The number of nitrogen functional groups attached to an aromatic ring is 1. The maximum Gasteiger partial charge on any atom is 0.327 e. The lowest BCUT2D eigenvalue weighted by Gasteiger charge is -2.32. The number of aliphatic hydroxyl groups is 2. The van der Waals surface area contributed by atoms with Crippen LogP contribution in [0.2, 0.25) is 5.02 Å². The van der Waals surface area contributed by atoms with E-state index < -0.39 is 31.3 Å². The van der Waals surface area contributed by atoms with Crippen molar-refractivity contribution in [2.24, 2.45) is 0 Å². The van der Waals surface area contributed by atoms with Gasteiger partial charge in [0.1, 0.15) is 30.2 Å². The smallest absolute Gasteiger partial charge is 0.327 e. The van der Waals surface area contributed by atoms with Crippen LogP contribution in [0.1, 0.15) is 24.3 Å². The molecule has 1 aromatic carbocycles. The number of anilines is 1. The Hall–Kier alpha value is -1.73. The molecule has 5 rings (SSSR count). The molecule has 0 radical (unpaired) electrons. The molecule has 2 fully saturated rings. The molecule has 14 heteroatoms. The monoisotopic (exact) mass is 513 g/mol. The lowest BCUT2D eigenvalue weighted by atomic mass is 10.1. The van der Waals surface area contributed by atoms with E-state index in [2.05, 4.69) is 15.0 Å². The van der Waals surface area contributed by atoms with Crippen molar-refractivity contribution in [3.63, 3.8) is 0 Å². The first-order valence-electron chi connectivity index (χ1n) is 10.1. The minimum atomic E-state index is -3.11. The summed E-state index contributed by atoms with van der Waals surface area (Å²) in [6.07, 6.45) is -1.37. The van der Waals surface area contributed by atoms with E-state index in [1.165, 1.54) is 17.2 Å². The summed E-state index contributed by atoms with van der Waals surface area (Å²) in [5.41, 5.74) is 7.44. The van der Waals surface area contributed by atoms with Gasteiger partial charge in [0.2, 0.25) is 0 Å². The average molecular weight is 514 g/mol. The van der Waals surface area contributed by atoms with Crippen LogP contribution in [0.4, 0.5) is 5.82 Å². The van der Waals surface area contributed by atoms with Gasteiger partial charge in [-0.1, -0.05) is 23.7 Å². The maximum atomic E-state index is 10.6. The van der Waals surface area contributed by atoms with Gasteiger partial charge in [0.25, 0.3) is 0 Å². The highest BCUT2D eigenvalue weighted by Crippen LogP contribution is 2.57. The van der Waals surface area contributed by atoms with E-state index in [1.54, 1.807) is 6.07 Å². The van der Waals surface area contributed by atoms with Crippen molar-refractivity contribution in [3.05, 3.63) is 47.5 Å². The summed E-state index contributed by atoms with van der Waals surface area (Å²) >= 11 is 11.6. The van der Waals surface area contributed by atoms with Crippen LogP contribution in [-0.4, -0.2) is 61.3 Å². The van der Waals surface area contributed by atoms with Gasteiger partial charge in [-0.3, -0.25) is 4.57 Å². The topological polar surface area (TPSA) is 147 Å². The predicted molar refractivity (Wildman–Crippen MR) is 122 cm³/mol. The zero-order chi connectivity index (χ0) is 23.2. The molecule has 2 unspecified atom stereocenters. The highest BCUT2D eigenvalue weighted by atomic mass is 35.5. The van der Waals surface area contributed by atoms with Crippen molar-refractivity contribution in [2.45, 2.75) is 37.1 Å². The standard InChI is InChI=1S/C19H21ClN5O6PS/c20-11-3-1-2-10(6-11)12-4-5-28-32(33,31-12)29-7-13-15(26)16(27)19(30-13)25-9-24-14-17(21)22-8-23-18(14)25/h1-3,6,8-9,12-13,15-16,19,26-27H,4-5,7H2,(H2,21,22,23)/t12?,13-,15-,16-,19-,32?/m1/s1. The molecule has 4 N–H and O–H groups in total. The van der Waals surface area contributed by atoms with Crippen LogP contribution < -0.4 is 5.73 Å². The predicted octanol–water partition coefficient (Wildman–Crippen LogP) is 2.10. The van der Waals surface area contributed by atoms with Crippen molar-refractivity contribution in [2.75, 3.05) is 18.9 Å². The van der Waals surface area contributed by atoms with Crippen molar-refractivity contribution < 1.29 is 28.5 Å². The van der Waals surface area contributed by atoms with E-state index in [-0.39, 0.29) is 18.5 Å². The molecule has 0 bridgehead atoms. The van der Waals surface area contributed by atoms with Gasteiger partial charge in [0, 0.05) is 11.4 Å². The molecule has 2 aromatic heterocycles. The fourth-order valence-corrected chi connectivity index (χ4v) is 6.14. The van der Waals surface area contributed by atoms with E-state index >= 15 is 0 Å². The van der Waals surface area contributed by atoms with E-state index in [4.69, 9.17) is 47.4 Å². The first-order valence-corrected chi connectivity index (χ1v) is 13.1. The van der Waals surface area contributed by atoms with Crippen LogP contribution in [0.3, 0.4) is 0 Å². The summed E-state index contributed by atoms with van der Waals surface area (Å²) in [4.78, 5) is 12.2. The van der Waals surface area contributed by atoms with Crippen LogP contribution in [0.5, 0.6) is 0 Å². The van der Waals surface area contributed by atoms with Gasteiger partial charge in [-0.25, -0.2) is 15.0 Å². The highest BCUT2D eigenvalue weighted by Gasteiger charge is 2.45. The van der Waals surface area contributed by atoms with Gasteiger partial charge in [0.15, 0.2) is 17.7 Å². The van der Waals surface area contributed by atoms with Gasteiger partial charge in [-0.15, -0.1) is 0 Å². The minimum Gasteiger partial charge on any atom is -0.387 e. The fraction of sp³-hybridized carbons (Fsp3) is 0.421. The molecule has 0 spiro atoms. The summed E-state index contributed by atoms with van der Waals surface area (Å²) in [5.74, 6) is 0.199. The van der Waals surface area contributed by atoms with Crippen LogP contribution in [0, 0.1) is 0 Å². The summed E-state index contributed by atoms with van der Waals surface area (Å²) in [5, 5.41) is 21.8. The molecular weight excluding hydrogens is 493 g/mol. The second kappa shape index (κ2) is 9.14. The number of halogens is 1. The van der Waals surface area contributed by atoms with Gasteiger partial charge in [-0.2, -0.15) is 0 Å². The molecular formula is C19H21ClN5O6PS. The zero-order valence-electron chi connectivity index (χ0n) is 17.1. The van der Waals surface area contributed by atoms with Crippen LogP contribution in [-0.2, 0) is 30.1 Å². The number of nitrogens with two attached hydrogens (primary N) is 1. The number of fused-ring (bicyclic) bond motifs is 1. The SMILES string of the molecule is Nc1ncnc2c1ncn2[C@@H]1O[C@H](COP2(=S)OCCC(c3cccc(Cl)c3)O2)[C@@H](O)[C@H]1O. The molecule has 4 heterocycles. The minimum absolute atomic E-state index is 0.141. The summed E-state index contributed by atoms with van der Waals surface area (Å²) in [6, 6.07) is 7.33. The Morgan fingerprint density at radius 3 is 2.94 bits per heavy atom. The van der Waals surface area contributed by atoms with Crippen LogP contribution >= 0.6 is 18.3 Å². The number of aromatic nitrogens is 4. The van der Waals surface area contributed by atoms with Crippen molar-refractivity contribution >= 4 is 47.1 Å². The molecule has 3 aromatic rings. The van der Waals surface area contributed by atoms with E-state index in [9.17, 15) is 10.2 Å². The van der Waals surface area contributed by atoms with Gasteiger partial charge in [0.05, 0.1) is 25.6 Å². The Morgan fingerprint density at radius 1 is 1.27 bits per heavy atom. The van der Waals surface area contributed by atoms with Crippen molar-refractivity contribution in [3.8, 4) is 0 Å². The number of hydrogen-bond acceptors (Lipinski definition) is 11. The second-order valence-corrected chi connectivity index (χ2v) is 11.0. The molecule has 2 saturated heterocycles. The molecule has 176 valence electrons. The Balaban J connectivity index is 1.27. The third-order valence-electron chi connectivity index (χ3n) is 5.50. The lowest BCUT2D eigenvalue weighted by molar-refractivity contribution is -0.0533. The molecule has 0 saturated carbocycles. The zero-order valence-corrected chi connectivity index (χ0v) is 19.6. The van der Waals surface area contributed by atoms with E-state index in [1.807, 2.05) is 18.2 Å². The quantitative estimate of drug-likeness (QED) is 0.431. The van der Waals surface area contributed by atoms with Crippen molar-refractivity contribution in [1.82, 2.24) is 19.5 Å². The highest BCUT2D eigenvalue weighted by molar-refractivity contribution is 8.07. The molecule has 2 aliphatic rings. The van der Waals surface area contributed by atoms with Crippen LogP contribution in [0.15, 0.2) is 36.9 Å². The molecule has 6 atom stereocenters. The fourth-order valence-electron chi connectivity index (χ4n) is 3.83. The number of ether oxygens (including phenoxy) is 1. The largest absolute Gasteiger partial charge is 0.387 e. The molecule has 0 amide bonds. The first-order chi connectivity index (χ1) is 15.8. The van der Waals surface area contributed by atoms with Gasteiger partial charge in [-0.05, 0) is 29.5 Å². The van der Waals surface area contributed by atoms with E-state index in [0.29, 0.717) is 29.2 Å². The summed E-state index contributed by atoms with van der Waals surface area (Å²) < 4.78 is 24.8. The third-order valence-corrected chi connectivity index (χ3v) is 8.10. The normalized spacial score (nSPS) is 32.4. The summed E-state index contributed by atoms with van der Waals surface area (Å²) in [6.45, 7) is -2.90. The number of nitrogens with zero attached hydrogens (tertiary/aromatic N) is 4. The third kappa shape index (κ3) is 4.51. The Labute approximate surface area is 198 Å². The number of benzene rings is 1. The number of imidazole rings is 1. The molecule has 2 aliphatic heterocycles. The molecule has 0 aliphatic carbocycles. The van der Waals surface area contributed by atoms with Crippen LogP contribution in [0.25, 0.3) is 11.2 Å². The summed E-state index contributed by atoms with van der Waals surface area (Å²) in [7, 11) is 0. The first kappa shape index (κ1) is 23.0. The average Bonchev–Trinajstić information content (AvgIpc) is 3.35. The van der Waals surface area contributed by atoms with Gasteiger partial charge >= 0.3 is 6.72 Å². The second-order valence-electron chi connectivity index (χ2n) is 7.64. The number of aliphatic hydroxyl groups excluding tert-OH is 2. The maximum absolute atomic E-state index is 10.6. The Morgan fingerprint density at radius 2 is 2.12 bits per heavy atom. The molecule has 33 heavy (non-hydrogen) atoms. The Bertz CT molecular complexity index is 1220. The van der Waals surface area contributed by atoms with Crippen molar-refractivity contribution in [1.29, 1.82) is 0 Å². The Kier molecular flexibility index (Phi) is 6.38. The van der Waals surface area contributed by atoms with Gasteiger partial charge < -0.3 is 34.3 Å². The number of rotatable bonds is 5.